The molecule has 3 nitrogen and oxygen atoms in total. The van der Waals surface area contributed by atoms with Gasteiger partial charge in [0.2, 0.25) is 0 Å². The SMILES string of the molecule is CCCN(C(=O)c1c(C)cccc1C)C1CCC(N)CC1. The van der Waals surface area contributed by atoms with Crippen molar-refractivity contribution in [2.45, 2.75) is 65.0 Å². The van der Waals surface area contributed by atoms with Gasteiger partial charge >= 0.3 is 0 Å². The van der Waals surface area contributed by atoms with E-state index in [1.807, 2.05) is 32.0 Å². The molecule has 1 fully saturated rings. The molecule has 2 rings (SSSR count). The van der Waals surface area contributed by atoms with Crippen molar-refractivity contribution in [3.8, 4) is 0 Å². The second-order valence-electron chi connectivity index (χ2n) is 6.33. The maximum absolute atomic E-state index is 13.1. The van der Waals surface area contributed by atoms with Gasteiger partial charge in [-0.05, 0) is 57.1 Å². The van der Waals surface area contributed by atoms with Crippen molar-refractivity contribution >= 4 is 5.91 Å². The lowest BCUT2D eigenvalue weighted by Gasteiger charge is -2.36. The zero-order valence-corrected chi connectivity index (χ0v) is 13.6. The lowest BCUT2D eigenvalue weighted by Crippen LogP contribution is -2.45. The summed E-state index contributed by atoms with van der Waals surface area (Å²) in [6.45, 7) is 7.04. The van der Waals surface area contributed by atoms with Crippen molar-refractivity contribution in [2.75, 3.05) is 6.54 Å². The lowest BCUT2D eigenvalue weighted by molar-refractivity contribution is 0.0625. The van der Waals surface area contributed by atoms with Gasteiger partial charge in [0.25, 0.3) is 5.91 Å². The van der Waals surface area contributed by atoms with Gasteiger partial charge in [-0.1, -0.05) is 25.1 Å². The lowest BCUT2D eigenvalue weighted by atomic mass is 9.89. The van der Waals surface area contributed by atoms with E-state index in [1.54, 1.807) is 0 Å². The molecule has 21 heavy (non-hydrogen) atoms. The van der Waals surface area contributed by atoms with Crippen LogP contribution in [0.15, 0.2) is 18.2 Å². The molecule has 0 saturated heterocycles. The number of hydrogen-bond donors (Lipinski definition) is 1. The number of nitrogens with zero attached hydrogens (tertiary/aromatic N) is 1. The molecule has 0 bridgehead atoms. The topological polar surface area (TPSA) is 46.3 Å². The molecule has 1 aromatic carbocycles. The highest BCUT2D eigenvalue weighted by Gasteiger charge is 2.29. The summed E-state index contributed by atoms with van der Waals surface area (Å²) in [5.41, 5.74) is 9.05. The molecule has 2 N–H and O–H groups in total. The maximum atomic E-state index is 13.1. The van der Waals surface area contributed by atoms with Gasteiger partial charge in [-0.3, -0.25) is 4.79 Å². The number of benzene rings is 1. The van der Waals surface area contributed by atoms with Crippen LogP contribution in [0.25, 0.3) is 0 Å². The predicted octanol–water partition coefficient (Wildman–Crippen LogP) is 3.43. The summed E-state index contributed by atoms with van der Waals surface area (Å²) in [5.74, 6) is 0.202. The third-order valence-corrected chi connectivity index (χ3v) is 4.60. The summed E-state index contributed by atoms with van der Waals surface area (Å²) >= 11 is 0. The predicted molar refractivity (Wildman–Crippen MR) is 87.5 cm³/mol. The van der Waals surface area contributed by atoms with Crippen molar-refractivity contribution < 1.29 is 4.79 Å². The molecular weight excluding hydrogens is 260 g/mol. The number of aryl methyl sites for hydroxylation is 2. The van der Waals surface area contributed by atoms with Crippen LogP contribution in [0.2, 0.25) is 0 Å². The van der Waals surface area contributed by atoms with Crippen molar-refractivity contribution in [3.05, 3.63) is 34.9 Å². The first-order valence-corrected chi connectivity index (χ1v) is 8.17. The third-order valence-electron chi connectivity index (χ3n) is 4.60. The van der Waals surface area contributed by atoms with Crippen LogP contribution in [0.5, 0.6) is 0 Å². The van der Waals surface area contributed by atoms with E-state index >= 15 is 0 Å². The van der Waals surface area contributed by atoms with E-state index in [9.17, 15) is 4.79 Å². The molecule has 0 heterocycles. The first kappa shape index (κ1) is 16.0. The molecule has 0 aromatic heterocycles. The maximum Gasteiger partial charge on any atom is 0.254 e. The zero-order chi connectivity index (χ0) is 15.4. The summed E-state index contributed by atoms with van der Waals surface area (Å²) in [6.07, 6.45) is 5.14. The van der Waals surface area contributed by atoms with Crippen LogP contribution < -0.4 is 5.73 Å². The minimum absolute atomic E-state index is 0.202. The molecule has 0 spiro atoms. The summed E-state index contributed by atoms with van der Waals surface area (Å²) in [7, 11) is 0. The summed E-state index contributed by atoms with van der Waals surface area (Å²) in [6, 6.07) is 6.75. The molecule has 1 saturated carbocycles. The summed E-state index contributed by atoms with van der Waals surface area (Å²) < 4.78 is 0. The van der Waals surface area contributed by atoms with E-state index in [4.69, 9.17) is 5.73 Å². The summed E-state index contributed by atoms with van der Waals surface area (Å²) in [5, 5.41) is 0. The average Bonchev–Trinajstić information content (AvgIpc) is 2.45. The van der Waals surface area contributed by atoms with Crippen LogP contribution >= 0.6 is 0 Å². The van der Waals surface area contributed by atoms with Crippen molar-refractivity contribution in [3.63, 3.8) is 0 Å². The number of rotatable bonds is 4. The van der Waals surface area contributed by atoms with Crippen LogP contribution in [-0.2, 0) is 0 Å². The van der Waals surface area contributed by atoms with Crippen molar-refractivity contribution in [1.29, 1.82) is 0 Å². The molecule has 0 aliphatic heterocycles. The highest BCUT2D eigenvalue weighted by molar-refractivity contribution is 5.97. The van der Waals surface area contributed by atoms with E-state index in [1.165, 1.54) is 0 Å². The Morgan fingerprint density at radius 1 is 1.19 bits per heavy atom. The van der Waals surface area contributed by atoms with E-state index in [0.29, 0.717) is 12.1 Å². The smallest absolute Gasteiger partial charge is 0.254 e. The van der Waals surface area contributed by atoms with E-state index in [-0.39, 0.29) is 5.91 Å². The Morgan fingerprint density at radius 2 is 1.76 bits per heavy atom. The molecule has 1 amide bonds. The van der Waals surface area contributed by atoms with E-state index in [0.717, 1.165) is 55.3 Å². The minimum atomic E-state index is 0.202. The zero-order valence-electron chi connectivity index (χ0n) is 13.6. The first-order chi connectivity index (χ1) is 10.0. The number of carbonyl (C=O) groups is 1. The fourth-order valence-electron chi connectivity index (χ4n) is 3.40. The largest absolute Gasteiger partial charge is 0.336 e. The van der Waals surface area contributed by atoms with Crippen LogP contribution in [0.4, 0.5) is 0 Å². The molecule has 0 atom stereocenters. The minimum Gasteiger partial charge on any atom is -0.336 e. The van der Waals surface area contributed by atoms with Gasteiger partial charge in [0.15, 0.2) is 0 Å². The Bertz CT molecular complexity index is 470. The van der Waals surface area contributed by atoms with E-state index in [2.05, 4.69) is 11.8 Å². The van der Waals surface area contributed by atoms with Gasteiger partial charge in [0.1, 0.15) is 0 Å². The highest BCUT2D eigenvalue weighted by atomic mass is 16.2. The standard InChI is InChI=1S/C18H28N2O/c1-4-12-20(16-10-8-15(19)9-11-16)18(21)17-13(2)6-5-7-14(17)3/h5-7,15-16H,4,8-12,19H2,1-3H3. The Balaban J connectivity index is 2.23. The normalized spacial score (nSPS) is 22.1. The molecule has 116 valence electrons. The number of carbonyl (C=O) groups excluding carboxylic acids is 1. The van der Waals surface area contributed by atoms with Gasteiger partial charge in [0.05, 0.1) is 0 Å². The van der Waals surface area contributed by atoms with Crippen LogP contribution in [0.1, 0.15) is 60.5 Å². The molecule has 1 aromatic rings. The Labute approximate surface area is 128 Å². The molecule has 0 unspecified atom stereocenters. The Kier molecular flexibility index (Phi) is 5.40. The monoisotopic (exact) mass is 288 g/mol. The summed E-state index contributed by atoms with van der Waals surface area (Å²) in [4.78, 5) is 15.2. The third kappa shape index (κ3) is 3.65. The molecule has 0 radical (unpaired) electrons. The fourth-order valence-corrected chi connectivity index (χ4v) is 3.40. The van der Waals surface area contributed by atoms with Gasteiger partial charge in [0, 0.05) is 24.2 Å². The fraction of sp³-hybridized carbons (Fsp3) is 0.611. The Morgan fingerprint density at radius 3 is 2.29 bits per heavy atom. The number of hydrogen-bond acceptors (Lipinski definition) is 2. The molecule has 1 aliphatic carbocycles. The molecule has 1 aliphatic rings. The second-order valence-corrected chi connectivity index (χ2v) is 6.33. The molecule has 3 heteroatoms. The first-order valence-electron chi connectivity index (χ1n) is 8.17. The second kappa shape index (κ2) is 7.08. The van der Waals surface area contributed by atoms with Gasteiger partial charge in [-0.25, -0.2) is 0 Å². The van der Waals surface area contributed by atoms with Crippen LogP contribution in [-0.4, -0.2) is 29.4 Å². The van der Waals surface area contributed by atoms with Gasteiger partial charge in [-0.2, -0.15) is 0 Å². The van der Waals surface area contributed by atoms with E-state index < -0.39 is 0 Å². The van der Waals surface area contributed by atoms with Crippen molar-refractivity contribution in [1.82, 2.24) is 4.90 Å². The quantitative estimate of drug-likeness (QED) is 0.922. The Hall–Kier alpha value is -1.35. The van der Waals surface area contributed by atoms with Crippen LogP contribution in [0, 0.1) is 13.8 Å². The average molecular weight is 288 g/mol. The number of nitrogens with two attached hydrogens (primary N) is 1. The highest BCUT2D eigenvalue weighted by Crippen LogP contribution is 2.25. The van der Waals surface area contributed by atoms with Gasteiger partial charge < -0.3 is 10.6 Å². The van der Waals surface area contributed by atoms with Gasteiger partial charge in [-0.15, -0.1) is 0 Å². The molecular formula is C18H28N2O. The van der Waals surface area contributed by atoms with Crippen LogP contribution in [0.3, 0.4) is 0 Å². The van der Waals surface area contributed by atoms with Crippen molar-refractivity contribution in [2.24, 2.45) is 5.73 Å². The number of amides is 1.